The second-order valence-electron chi connectivity index (χ2n) is 9.95. The summed E-state index contributed by atoms with van der Waals surface area (Å²) >= 11 is 0. The Morgan fingerprint density at radius 2 is 1.22 bits per heavy atom. The van der Waals surface area contributed by atoms with Gasteiger partial charge in [0.15, 0.2) is 0 Å². The average Bonchev–Trinajstić information content (AvgIpc) is 2.96. The lowest BCUT2D eigenvalue weighted by Gasteiger charge is -2.46. The van der Waals surface area contributed by atoms with Crippen LogP contribution < -0.4 is 5.32 Å². The van der Waals surface area contributed by atoms with Crippen LogP contribution in [-0.2, 0) is 57.9 Å². The Bertz CT molecular complexity index is 1310. The van der Waals surface area contributed by atoms with E-state index in [-0.39, 0.29) is 32.3 Å². The number of ether oxygens (including phenoxy) is 4. The van der Waals surface area contributed by atoms with Crippen molar-refractivity contribution in [1.82, 2.24) is 5.32 Å². The molecule has 1 fully saturated rings. The summed E-state index contributed by atoms with van der Waals surface area (Å²) in [6.07, 6.45) is -1.91. The van der Waals surface area contributed by atoms with Gasteiger partial charge in [-0.15, -0.1) is 0 Å². The first-order valence-corrected chi connectivity index (χ1v) is 15.3. The Balaban J connectivity index is 1.62. The van der Waals surface area contributed by atoms with E-state index in [0.29, 0.717) is 6.61 Å². The van der Waals surface area contributed by atoms with Crippen molar-refractivity contribution >= 4 is 16.0 Å². The summed E-state index contributed by atoms with van der Waals surface area (Å²) in [7, 11) is -3.77. The van der Waals surface area contributed by atoms with Gasteiger partial charge in [0.2, 0.25) is 5.91 Å². The van der Waals surface area contributed by atoms with Crippen molar-refractivity contribution in [1.29, 1.82) is 0 Å². The molecule has 1 saturated heterocycles. The highest BCUT2D eigenvalue weighted by molar-refractivity contribution is 7.85. The van der Waals surface area contributed by atoms with Crippen LogP contribution in [0.1, 0.15) is 23.6 Å². The molecule has 9 nitrogen and oxygen atoms in total. The van der Waals surface area contributed by atoms with Crippen LogP contribution in [0, 0.1) is 0 Å². The number of benzene rings is 3. The van der Waals surface area contributed by atoms with Crippen molar-refractivity contribution in [2.45, 2.75) is 57.2 Å². The number of carbonyl (C=O) groups excluding carboxylic acids is 1. The predicted octanol–water partition coefficient (Wildman–Crippen LogP) is 3.62. The van der Waals surface area contributed by atoms with Crippen LogP contribution in [0.4, 0.5) is 0 Å². The molecule has 220 valence electrons. The number of amides is 1. The molecule has 4 rings (SSSR count). The van der Waals surface area contributed by atoms with Crippen molar-refractivity contribution < 1.29 is 36.3 Å². The fourth-order valence-electron chi connectivity index (χ4n) is 4.69. The quantitative estimate of drug-likeness (QED) is 0.287. The normalized spacial score (nSPS) is 22.7. The van der Waals surface area contributed by atoms with E-state index in [9.17, 15) is 13.2 Å². The summed E-state index contributed by atoms with van der Waals surface area (Å²) in [4.78, 5) is 12.3. The molecule has 0 aromatic heterocycles. The van der Waals surface area contributed by atoms with Crippen LogP contribution in [0.3, 0.4) is 0 Å². The minimum atomic E-state index is -3.77. The molecule has 41 heavy (non-hydrogen) atoms. The van der Waals surface area contributed by atoms with E-state index < -0.39 is 40.6 Å². The fraction of sp³-hybridized carbons (Fsp3) is 0.387. The smallest absolute Gasteiger partial charge is 0.264 e. The maximum absolute atomic E-state index is 12.3. The first-order valence-electron chi connectivity index (χ1n) is 13.5. The van der Waals surface area contributed by atoms with Crippen LogP contribution in [0.2, 0.25) is 0 Å². The lowest BCUT2D eigenvalue weighted by atomic mass is 9.92. The predicted molar refractivity (Wildman–Crippen MR) is 153 cm³/mol. The molecule has 10 heteroatoms. The summed E-state index contributed by atoms with van der Waals surface area (Å²) in [6, 6.07) is 28.3. The first kappa shape index (κ1) is 30.8. The summed E-state index contributed by atoms with van der Waals surface area (Å²) in [5.74, 6) is -0.322. The van der Waals surface area contributed by atoms with E-state index in [1.165, 1.54) is 6.92 Å². The lowest BCUT2D eigenvalue weighted by molar-refractivity contribution is -0.236. The third-order valence-corrected chi connectivity index (χ3v) is 7.14. The monoisotopic (exact) mass is 583 g/mol. The Kier molecular flexibility index (Phi) is 11.4. The summed E-state index contributed by atoms with van der Waals surface area (Å²) in [5.41, 5.74) is 2.88. The molecule has 0 radical (unpaired) electrons. The standard InChI is InChI=1S/C31H37NO8S/c1-23(33)32-29-27(22-39-41(2,34)35)40-28(21-36-18-24-12-6-3-7-13-24)30(37-19-25-14-8-4-9-15-25)31(29)38-20-26-16-10-5-11-17-26/h3-17,27-31H,18-22H2,1-2H3,(H,32,33)/t27-,28?,29?,30-,31?/m1/s1. The number of hydrogen-bond donors (Lipinski definition) is 1. The zero-order chi connectivity index (χ0) is 29.1. The van der Waals surface area contributed by atoms with E-state index in [1.54, 1.807) is 0 Å². The van der Waals surface area contributed by atoms with Gasteiger partial charge >= 0.3 is 0 Å². The zero-order valence-electron chi connectivity index (χ0n) is 23.3. The van der Waals surface area contributed by atoms with Gasteiger partial charge in [0.25, 0.3) is 10.1 Å². The molecule has 0 saturated carbocycles. The molecule has 1 aliphatic rings. The fourth-order valence-corrected chi connectivity index (χ4v) is 5.07. The molecule has 3 aromatic rings. The van der Waals surface area contributed by atoms with E-state index in [4.69, 9.17) is 23.1 Å². The molecule has 3 aromatic carbocycles. The molecule has 5 atom stereocenters. The number of nitrogens with one attached hydrogen (secondary N) is 1. The second kappa shape index (κ2) is 15.2. The van der Waals surface area contributed by atoms with Crippen molar-refractivity contribution in [3.63, 3.8) is 0 Å². The Morgan fingerprint density at radius 1 is 0.732 bits per heavy atom. The highest BCUT2D eigenvalue weighted by Gasteiger charge is 2.48. The van der Waals surface area contributed by atoms with Gasteiger partial charge in [-0.25, -0.2) is 0 Å². The van der Waals surface area contributed by atoms with Crippen molar-refractivity contribution in [3.8, 4) is 0 Å². The van der Waals surface area contributed by atoms with Crippen LogP contribution in [0.15, 0.2) is 91.0 Å². The molecule has 1 amide bonds. The number of rotatable bonds is 14. The Labute approximate surface area is 241 Å². The highest BCUT2D eigenvalue weighted by atomic mass is 32.2. The zero-order valence-corrected chi connectivity index (χ0v) is 24.1. The Morgan fingerprint density at radius 3 is 1.71 bits per heavy atom. The molecule has 1 aliphatic heterocycles. The molecule has 1 N–H and O–H groups in total. The van der Waals surface area contributed by atoms with Gasteiger partial charge in [-0.05, 0) is 16.7 Å². The minimum absolute atomic E-state index is 0.141. The number of carbonyl (C=O) groups is 1. The van der Waals surface area contributed by atoms with Crippen LogP contribution in [-0.4, -0.2) is 64.3 Å². The van der Waals surface area contributed by atoms with E-state index in [1.807, 2.05) is 91.0 Å². The summed E-state index contributed by atoms with van der Waals surface area (Å²) in [5, 5.41) is 2.90. The van der Waals surface area contributed by atoms with Gasteiger partial charge in [0, 0.05) is 6.92 Å². The van der Waals surface area contributed by atoms with E-state index in [0.717, 1.165) is 22.9 Å². The highest BCUT2D eigenvalue weighted by Crippen LogP contribution is 2.29. The maximum Gasteiger partial charge on any atom is 0.264 e. The van der Waals surface area contributed by atoms with Gasteiger partial charge in [-0.2, -0.15) is 8.42 Å². The van der Waals surface area contributed by atoms with Crippen LogP contribution in [0.25, 0.3) is 0 Å². The average molecular weight is 584 g/mol. The third kappa shape index (κ3) is 10.0. The minimum Gasteiger partial charge on any atom is -0.374 e. The van der Waals surface area contributed by atoms with Gasteiger partial charge in [0.05, 0.1) is 45.3 Å². The van der Waals surface area contributed by atoms with Crippen molar-refractivity contribution in [2.75, 3.05) is 19.5 Å². The molecule has 1 heterocycles. The SMILES string of the molecule is CC(=O)NC1C(OCc2ccccc2)[C@H](OCc2ccccc2)C(COCc2ccccc2)O[C@@H]1COS(C)(=O)=O. The summed E-state index contributed by atoms with van der Waals surface area (Å²) < 4.78 is 54.3. The van der Waals surface area contributed by atoms with Gasteiger partial charge < -0.3 is 24.3 Å². The summed E-state index contributed by atoms with van der Waals surface area (Å²) in [6.45, 7) is 2.08. The molecule has 3 unspecified atom stereocenters. The van der Waals surface area contributed by atoms with Gasteiger partial charge in [-0.3, -0.25) is 8.98 Å². The first-order chi connectivity index (χ1) is 19.8. The molecular formula is C31H37NO8S. The molecule has 0 aliphatic carbocycles. The second-order valence-corrected chi connectivity index (χ2v) is 11.6. The number of hydrogen-bond acceptors (Lipinski definition) is 8. The van der Waals surface area contributed by atoms with E-state index >= 15 is 0 Å². The van der Waals surface area contributed by atoms with Crippen LogP contribution in [0.5, 0.6) is 0 Å². The van der Waals surface area contributed by atoms with Crippen LogP contribution >= 0.6 is 0 Å². The lowest BCUT2D eigenvalue weighted by Crippen LogP contribution is -2.66. The molecule has 0 bridgehead atoms. The largest absolute Gasteiger partial charge is 0.374 e. The van der Waals surface area contributed by atoms with Crippen molar-refractivity contribution in [3.05, 3.63) is 108 Å². The van der Waals surface area contributed by atoms with E-state index in [2.05, 4.69) is 5.32 Å². The third-order valence-electron chi connectivity index (χ3n) is 6.57. The Hall–Kier alpha value is -3.12. The molecule has 0 spiro atoms. The van der Waals surface area contributed by atoms with Crippen molar-refractivity contribution in [2.24, 2.45) is 0 Å². The topological polar surface area (TPSA) is 109 Å². The van der Waals surface area contributed by atoms with Gasteiger partial charge in [-0.1, -0.05) is 91.0 Å². The maximum atomic E-state index is 12.3. The van der Waals surface area contributed by atoms with Gasteiger partial charge in [0.1, 0.15) is 24.4 Å². The molecular weight excluding hydrogens is 546 g/mol.